The number of ketones is 2. The summed E-state index contributed by atoms with van der Waals surface area (Å²) < 4.78 is 5.69. The molecule has 330 valence electrons. The van der Waals surface area contributed by atoms with Gasteiger partial charge in [0.05, 0.1) is 15.7 Å². The number of hydrogen-bond acceptors (Lipinski definition) is 11. The zero-order chi connectivity index (χ0) is 46.5. The van der Waals surface area contributed by atoms with Gasteiger partial charge in [0.1, 0.15) is 17.1 Å². The van der Waals surface area contributed by atoms with Gasteiger partial charge in [0.15, 0.2) is 17.1 Å². The zero-order valence-corrected chi connectivity index (χ0v) is 37.8. The summed E-state index contributed by atoms with van der Waals surface area (Å²) in [7, 11) is 0. The highest BCUT2D eigenvalue weighted by molar-refractivity contribution is 6.33. The summed E-state index contributed by atoms with van der Waals surface area (Å²) in [6, 6.07) is 23.1. The summed E-state index contributed by atoms with van der Waals surface area (Å²) in [5, 5.41) is 26.8. The molecule has 64 heavy (non-hydrogen) atoms. The standard InChI is InChI=1S/C44H37Cl5N8O7/c1-23(58)39(56-54-36-18-28(8-15-33(36)48)41(60)50-30-10-4-26(21-45)5-11-30)43(62)52-32-14-17-35(38(20-32)64-25(3)47)53-44(63)40(24(2)59)57-55-37-19-29(9-16-34(37)49)42(61)51-31-12-6-27(22-46)7-13-31/h4-20,25,39-40H,21-22H2,1-3H3,(H,50,60)(H,51,61)(H,52,62)(H,53,63). The number of benzene rings is 5. The highest BCUT2D eigenvalue weighted by atomic mass is 35.5. The van der Waals surface area contributed by atoms with E-state index in [0.29, 0.717) is 23.1 Å². The highest BCUT2D eigenvalue weighted by Crippen LogP contribution is 2.32. The van der Waals surface area contributed by atoms with E-state index in [-0.39, 0.29) is 49.7 Å². The van der Waals surface area contributed by atoms with Gasteiger partial charge in [-0.15, -0.1) is 23.2 Å². The predicted molar refractivity (Wildman–Crippen MR) is 248 cm³/mol. The van der Waals surface area contributed by atoms with Gasteiger partial charge in [-0.3, -0.25) is 28.8 Å². The molecule has 3 unspecified atom stereocenters. The number of halogens is 5. The zero-order valence-electron chi connectivity index (χ0n) is 34.0. The predicted octanol–water partition coefficient (Wildman–Crippen LogP) is 11.3. The molecule has 4 amide bonds. The molecule has 4 N–H and O–H groups in total. The van der Waals surface area contributed by atoms with E-state index < -0.39 is 52.8 Å². The van der Waals surface area contributed by atoms with Crippen LogP contribution in [0.15, 0.2) is 124 Å². The van der Waals surface area contributed by atoms with Crippen LogP contribution in [0.5, 0.6) is 5.75 Å². The minimum absolute atomic E-state index is 0.0131. The molecule has 0 radical (unpaired) electrons. The molecule has 5 rings (SSSR count). The second kappa shape index (κ2) is 22.9. The molecule has 0 fully saturated rings. The summed E-state index contributed by atoms with van der Waals surface area (Å²) in [6.45, 7) is 3.77. The van der Waals surface area contributed by atoms with Crippen molar-refractivity contribution in [2.45, 2.75) is 50.2 Å². The Hall–Kier alpha value is -6.23. The third kappa shape index (κ3) is 13.6. The lowest BCUT2D eigenvalue weighted by atomic mass is 10.1. The Kier molecular flexibility index (Phi) is 17.5. The molecular formula is C44H37Cl5N8O7. The van der Waals surface area contributed by atoms with Crippen LogP contribution in [0.25, 0.3) is 0 Å². The molecule has 0 aliphatic carbocycles. The average Bonchev–Trinajstić information content (AvgIpc) is 3.25. The summed E-state index contributed by atoms with van der Waals surface area (Å²) in [6.07, 6.45) is 0. The molecule has 15 nitrogen and oxygen atoms in total. The number of anilines is 4. The van der Waals surface area contributed by atoms with Crippen LogP contribution in [0.3, 0.4) is 0 Å². The van der Waals surface area contributed by atoms with Crippen molar-refractivity contribution in [2.24, 2.45) is 20.5 Å². The number of hydrogen-bond donors (Lipinski definition) is 4. The number of alkyl halides is 3. The van der Waals surface area contributed by atoms with Gasteiger partial charge in [0.2, 0.25) is 12.1 Å². The number of azo groups is 2. The number of carbonyl (C=O) groups excluding carboxylic acids is 6. The largest absolute Gasteiger partial charge is 0.473 e. The molecule has 3 atom stereocenters. The van der Waals surface area contributed by atoms with E-state index in [1.165, 1.54) is 61.5 Å². The first kappa shape index (κ1) is 48.8. The summed E-state index contributed by atoms with van der Waals surface area (Å²) in [4.78, 5) is 78.1. The van der Waals surface area contributed by atoms with Crippen LogP contribution in [-0.4, -0.2) is 52.8 Å². The summed E-state index contributed by atoms with van der Waals surface area (Å²) in [5.41, 5.74) is 2.36. The minimum atomic E-state index is -1.67. The first-order valence-electron chi connectivity index (χ1n) is 19.0. The SMILES string of the molecule is CC(=O)C(N=Nc1cc(C(=O)Nc2ccc(CCl)cc2)ccc1Cl)C(=O)Nc1ccc(NC(=O)C(N=Nc2cc(C(=O)Nc3ccc(CCl)cc3)ccc2Cl)C(C)=O)c(OC(C)Cl)c1. The molecule has 0 aromatic heterocycles. The normalized spacial score (nSPS) is 12.6. The molecular weight excluding hydrogens is 930 g/mol. The quantitative estimate of drug-likeness (QED) is 0.0379. The van der Waals surface area contributed by atoms with Crippen molar-refractivity contribution >= 4 is 127 Å². The molecule has 0 spiro atoms. The fourth-order valence-electron chi connectivity index (χ4n) is 5.49. The topological polar surface area (TPSA) is 209 Å². The Balaban J connectivity index is 1.28. The van der Waals surface area contributed by atoms with Gasteiger partial charge < -0.3 is 26.0 Å². The third-order valence-electron chi connectivity index (χ3n) is 8.77. The van der Waals surface area contributed by atoms with E-state index in [0.717, 1.165) is 25.0 Å². The average molecular weight is 967 g/mol. The van der Waals surface area contributed by atoms with Crippen molar-refractivity contribution in [3.05, 3.63) is 135 Å². The lowest BCUT2D eigenvalue weighted by Gasteiger charge is -2.17. The molecule has 0 aliphatic rings. The van der Waals surface area contributed by atoms with Crippen LogP contribution < -0.4 is 26.0 Å². The number of rotatable bonds is 18. The Morgan fingerprint density at radius 2 is 0.984 bits per heavy atom. The monoisotopic (exact) mass is 964 g/mol. The van der Waals surface area contributed by atoms with Crippen molar-refractivity contribution in [1.82, 2.24) is 0 Å². The molecule has 0 heterocycles. The maximum Gasteiger partial charge on any atom is 0.258 e. The fourth-order valence-corrected chi connectivity index (χ4v) is 6.25. The Labute approximate surface area is 391 Å². The van der Waals surface area contributed by atoms with Crippen LogP contribution in [0.4, 0.5) is 34.1 Å². The van der Waals surface area contributed by atoms with E-state index in [1.54, 1.807) is 48.5 Å². The summed E-state index contributed by atoms with van der Waals surface area (Å²) in [5.74, 6) is -3.50. The number of nitrogens with one attached hydrogen (secondary N) is 4. The fraction of sp³-hybridized carbons (Fsp3) is 0.182. The van der Waals surface area contributed by atoms with E-state index in [2.05, 4.69) is 41.7 Å². The summed E-state index contributed by atoms with van der Waals surface area (Å²) >= 11 is 30.5. The smallest absolute Gasteiger partial charge is 0.258 e. The molecule has 0 bridgehead atoms. The van der Waals surface area contributed by atoms with Gasteiger partial charge in [-0.1, -0.05) is 59.1 Å². The Morgan fingerprint density at radius 1 is 0.562 bits per heavy atom. The molecule has 0 saturated carbocycles. The lowest BCUT2D eigenvalue weighted by molar-refractivity contribution is -0.127. The van der Waals surface area contributed by atoms with E-state index in [9.17, 15) is 28.8 Å². The molecule has 0 saturated heterocycles. The van der Waals surface area contributed by atoms with Crippen molar-refractivity contribution in [3.8, 4) is 5.75 Å². The first-order valence-corrected chi connectivity index (χ1v) is 21.2. The first-order chi connectivity index (χ1) is 30.5. The Bertz CT molecular complexity index is 2630. The van der Waals surface area contributed by atoms with Crippen LogP contribution >= 0.6 is 58.0 Å². The van der Waals surface area contributed by atoms with Crippen molar-refractivity contribution < 1.29 is 33.5 Å². The molecule has 20 heteroatoms. The van der Waals surface area contributed by atoms with E-state index >= 15 is 0 Å². The maximum absolute atomic E-state index is 13.5. The van der Waals surface area contributed by atoms with E-state index in [4.69, 9.17) is 62.7 Å². The molecule has 0 aliphatic heterocycles. The van der Waals surface area contributed by atoms with Gasteiger partial charge in [0, 0.05) is 46.0 Å². The van der Waals surface area contributed by atoms with E-state index in [1.807, 2.05) is 0 Å². The van der Waals surface area contributed by atoms with Gasteiger partial charge in [-0.25, -0.2) is 0 Å². The van der Waals surface area contributed by atoms with Crippen molar-refractivity contribution in [1.29, 1.82) is 0 Å². The Morgan fingerprint density at radius 3 is 1.39 bits per heavy atom. The van der Waals surface area contributed by atoms with Crippen LogP contribution in [-0.2, 0) is 30.9 Å². The molecule has 5 aromatic rings. The number of amides is 4. The van der Waals surface area contributed by atoms with Gasteiger partial charge in [-0.05, 0) is 105 Å². The second-order valence-electron chi connectivity index (χ2n) is 13.7. The number of carbonyl (C=O) groups is 6. The van der Waals surface area contributed by atoms with Gasteiger partial charge in [-0.2, -0.15) is 20.5 Å². The maximum atomic E-state index is 13.5. The second-order valence-corrected chi connectivity index (χ2v) is 15.7. The lowest BCUT2D eigenvalue weighted by Crippen LogP contribution is -2.32. The molecule has 5 aromatic carbocycles. The highest BCUT2D eigenvalue weighted by Gasteiger charge is 2.27. The van der Waals surface area contributed by atoms with Crippen LogP contribution in [0.2, 0.25) is 10.0 Å². The number of ether oxygens (including phenoxy) is 1. The van der Waals surface area contributed by atoms with Crippen LogP contribution in [0.1, 0.15) is 52.6 Å². The van der Waals surface area contributed by atoms with Gasteiger partial charge >= 0.3 is 0 Å². The van der Waals surface area contributed by atoms with Crippen molar-refractivity contribution in [2.75, 3.05) is 21.3 Å². The minimum Gasteiger partial charge on any atom is -0.473 e. The number of nitrogens with zero attached hydrogens (tertiary/aromatic N) is 4. The van der Waals surface area contributed by atoms with Gasteiger partial charge in [0.25, 0.3) is 23.6 Å². The third-order valence-corrected chi connectivity index (χ3v) is 10.1. The van der Waals surface area contributed by atoms with Crippen LogP contribution in [0, 0.1) is 0 Å². The van der Waals surface area contributed by atoms with Crippen molar-refractivity contribution in [3.63, 3.8) is 0 Å². The number of Topliss-reactive ketones (excluding diaryl/α,β-unsaturated/α-hetero) is 2.